The zero-order valence-electron chi connectivity index (χ0n) is 16.4. The molecule has 0 bridgehead atoms. The summed E-state index contributed by atoms with van der Waals surface area (Å²) < 4.78 is 13.5. The van der Waals surface area contributed by atoms with E-state index in [4.69, 9.17) is 0 Å². The molecular formula is C21H28NO3P. The molecule has 0 aliphatic rings. The Balaban J connectivity index is 2.40. The van der Waals surface area contributed by atoms with Gasteiger partial charge in [-0.3, -0.25) is 4.57 Å². The summed E-state index contributed by atoms with van der Waals surface area (Å²) in [7, 11) is -4.19. The van der Waals surface area contributed by atoms with Crippen molar-refractivity contribution in [1.29, 1.82) is 0 Å². The Morgan fingerprint density at radius 3 is 1.50 bits per heavy atom. The monoisotopic (exact) mass is 373 g/mol. The van der Waals surface area contributed by atoms with Crippen molar-refractivity contribution < 1.29 is 14.4 Å². The molecule has 0 amide bonds. The molecule has 0 spiro atoms. The van der Waals surface area contributed by atoms with E-state index in [2.05, 4.69) is 65.8 Å². The average Bonchev–Trinajstić information content (AvgIpc) is 2.77. The van der Waals surface area contributed by atoms with E-state index in [1.807, 2.05) is 12.1 Å². The normalized spacial score (nSPS) is 13.7. The van der Waals surface area contributed by atoms with Gasteiger partial charge in [0.2, 0.25) is 0 Å². The molecule has 0 atom stereocenters. The lowest BCUT2D eigenvalue weighted by Crippen LogP contribution is -2.10. The summed E-state index contributed by atoms with van der Waals surface area (Å²) in [5, 5.41) is 2.10. The van der Waals surface area contributed by atoms with Gasteiger partial charge in [0.05, 0.1) is 0 Å². The molecule has 0 radical (unpaired) electrons. The Morgan fingerprint density at radius 1 is 0.808 bits per heavy atom. The predicted octanol–water partition coefficient (Wildman–Crippen LogP) is 5.52. The van der Waals surface area contributed by atoms with Crippen LogP contribution in [0.4, 0.5) is 0 Å². The Hall–Kier alpha value is -1.61. The number of hydrogen-bond donors (Lipinski definition) is 2. The van der Waals surface area contributed by atoms with Crippen molar-refractivity contribution in [2.75, 3.05) is 0 Å². The van der Waals surface area contributed by atoms with Gasteiger partial charge in [0, 0.05) is 21.8 Å². The SMILES string of the molecule is CC(C)(C)c1ccc2c(c1)c1cc(C(C)(C)C)ccc1n2CP(=O)(O)O. The fourth-order valence-electron chi connectivity index (χ4n) is 3.37. The van der Waals surface area contributed by atoms with Crippen LogP contribution in [0.25, 0.3) is 21.8 Å². The lowest BCUT2D eigenvalue weighted by molar-refractivity contribution is 0.364. The maximum atomic E-state index is 11.7. The second-order valence-electron chi connectivity index (χ2n) is 9.20. The maximum absolute atomic E-state index is 11.7. The van der Waals surface area contributed by atoms with E-state index < -0.39 is 7.60 Å². The minimum atomic E-state index is -4.19. The van der Waals surface area contributed by atoms with Gasteiger partial charge in [-0.2, -0.15) is 0 Å². The molecule has 1 aromatic heterocycles. The van der Waals surface area contributed by atoms with Crippen LogP contribution >= 0.6 is 7.60 Å². The van der Waals surface area contributed by atoms with Gasteiger partial charge >= 0.3 is 7.60 Å². The summed E-state index contributed by atoms with van der Waals surface area (Å²) in [5.74, 6) is 0. The van der Waals surface area contributed by atoms with Gasteiger partial charge in [0.25, 0.3) is 0 Å². The molecule has 4 nitrogen and oxygen atoms in total. The Labute approximate surface area is 155 Å². The minimum absolute atomic E-state index is 0.00744. The maximum Gasteiger partial charge on any atom is 0.345 e. The van der Waals surface area contributed by atoms with E-state index in [1.54, 1.807) is 4.57 Å². The molecule has 3 rings (SSSR count). The first kappa shape index (κ1) is 19.2. The largest absolute Gasteiger partial charge is 0.345 e. The van der Waals surface area contributed by atoms with Crippen LogP contribution in [0, 0.1) is 0 Å². The smallest absolute Gasteiger partial charge is 0.328 e. The highest BCUT2D eigenvalue weighted by molar-refractivity contribution is 7.50. The van der Waals surface area contributed by atoms with Crippen molar-refractivity contribution in [1.82, 2.24) is 4.57 Å². The second-order valence-corrected chi connectivity index (χ2v) is 10.8. The Kier molecular flexibility index (Phi) is 4.39. The third-order valence-corrected chi connectivity index (χ3v) is 5.57. The Bertz CT molecular complexity index is 958. The molecule has 140 valence electrons. The molecule has 2 N–H and O–H groups in total. The van der Waals surface area contributed by atoms with Crippen molar-refractivity contribution >= 4 is 29.4 Å². The Morgan fingerprint density at radius 2 is 1.19 bits per heavy atom. The molecule has 0 saturated carbocycles. The van der Waals surface area contributed by atoms with E-state index >= 15 is 0 Å². The lowest BCUT2D eigenvalue weighted by atomic mass is 9.85. The molecule has 26 heavy (non-hydrogen) atoms. The van der Waals surface area contributed by atoms with E-state index in [9.17, 15) is 14.4 Å². The average molecular weight is 373 g/mol. The molecular weight excluding hydrogens is 345 g/mol. The number of aromatic nitrogens is 1. The lowest BCUT2D eigenvalue weighted by Gasteiger charge is -2.19. The van der Waals surface area contributed by atoms with Gasteiger partial charge in [0.1, 0.15) is 6.29 Å². The summed E-state index contributed by atoms with van der Waals surface area (Å²) in [5.41, 5.74) is 4.16. The van der Waals surface area contributed by atoms with Crippen molar-refractivity contribution in [3.63, 3.8) is 0 Å². The van der Waals surface area contributed by atoms with Gasteiger partial charge in [-0.15, -0.1) is 0 Å². The van der Waals surface area contributed by atoms with Crippen LogP contribution in [0.2, 0.25) is 0 Å². The standard InChI is InChI=1S/C21H28NO3P/c1-20(2,3)14-7-9-18-16(11-14)17-12-15(21(4,5)6)8-10-19(17)22(18)13-26(23,24)25/h7-12H,13H2,1-6H3,(H2,23,24,25). The number of benzene rings is 2. The van der Waals surface area contributed by atoms with Crippen LogP contribution in [0.5, 0.6) is 0 Å². The molecule has 5 heteroatoms. The molecule has 0 saturated heterocycles. The summed E-state index contributed by atoms with van der Waals surface area (Å²) in [6.07, 6.45) is -0.309. The topological polar surface area (TPSA) is 62.5 Å². The van der Waals surface area contributed by atoms with Crippen LogP contribution in [-0.4, -0.2) is 14.4 Å². The van der Waals surface area contributed by atoms with Crippen molar-refractivity contribution in [2.24, 2.45) is 0 Å². The van der Waals surface area contributed by atoms with E-state index in [0.29, 0.717) is 0 Å². The second kappa shape index (κ2) is 5.95. The highest BCUT2D eigenvalue weighted by Crippen LogP contribution is 2.42. The summed E-state index contributed by atoms with van der Waals surface area (Å²) in [6, 6.07) is 12.4. The number of hydrogen-bond acceptors (Lipinski definition) is 1. The fraction of sp³-hybridized carbons (Fsp3) is 0.429. The summed E-state index contributed by atoms with van der Waals surface area (Å²) >= 11 is 0. The molecule has 0 aliphatic heterocycles. The zero-order chi connectivity index (χ0) is 19.5. The molecule has 3 aromatic rings. The molecule has 0 aliphatic carbocycles. The van der Waals surface area contributed by atoms with E-state index in [0.717, 1.165) is 21.8 Å². The summed E-state index contributed by atoms with van der Waals surface area (Å²) in [6.45, 7) is 13.0. The van der Waals surface area contributed by atoms with Gasteiger partial charge in [-0.05, 0) is 46.2 Å². The molecule has 2 aromatic carbocycles. The van der Waals surface area contributed by atoms with Crippen LogP contribution in [-0.2, 0) is 21.7 Å². The zero-order valence-corrected chi connectivity index (χ0v) is 17.3. The highest BCUT2D eigenvalue weighted by Gasteiger charge is 2.23. The van der Waals surface area contributed by atoms with Gasteiger partial charge in [0.15, 0.2) is 0 Å². The number of fused-ring (bicyclic) bond motifs is 3. The van der Waals surface area contributed by atoms with Crippen molar-refractivity contribution in [2.45, 2.75) is 58.7 Å². The van der Waals surface area contributed by atoms with Crippen molar-refractivity contribution in [3.05, 3.63) is 47.5 Å². The van der Waals surface area contributed by atoms with E-state index in [1.165, 1.54) is 11.1 Å². The van der Waals surface area contributed by atoms with Crippen LogP contribution in [0.1, 0.15) is 52.7 Å². The van der Waals surface area contributed by atoms with Gasteiger partial charge < -0.3 is 14.4 Å². The van der Waals surface area contributed by atoms with Gasteiger partial charge in [-0.25, -0.2) is 0 Å². The third-order valence-electron chi connectivity index (χ3n) is 4.92. The van der Waals surface area contributed by atoms with Crippen molar-refractivity contribution in [3.8, 4) is 0 Å². The molecule has 0 unspecified atom stereocenters. The minimum Gasteiger partial charge on any atom is -0.328 e. The third kappa shape index (κ3) is 3.59. The predicted molar refractivity (Wildman–Crippen MR) is 109 cm³/mol. The van der Waals surface area contributed by atoms with E-state index in [-0.39, 0.29) is 17.1 Å². The quantitative estimate of drug-likeness (QED) is 0.581. The first-order valence-electron chi connectivity index (χ1n) is 8.89. The fourth-order valence-corrected chi connectivity index (χ4v) is 4.05. The number of nitrogens with zero attached hydrogens (tertiary/aromatic N) is 1. The first-order valence-corrected chi connectivity index (χ1v) is 10.7. The first-order chi connectivity index (χ1) is 11.8. The van der Waals surface area contributed by atoms with Crippen LogP contribution < -0.4 is 0 Å². The number of rotatable bonds is 2. The highest BCUT2D eigenvalue weighted by atomic mass is 31.2. The molecule has 0 fully saturated rings. The molecule has 1 heterocycles. The van der Waals surface area contributed by atoms with Crippen LogP contribution in [0.3, 0.4) is 0 Å². The van der Waals surface area contributed by atoms with Gasteiger partial charge in [-0.1, -0.05) is 53.7 Å². The van der Waals surface area contributed by atoms with Crippen LogP contribution in [0.15, 0.2) is 36.4 Å². The summed E-state index contributed by atoms with van der Waals surface area (Å²) in [4.78, 5) is 19.1.